The lowest BCUT2D eigenvalue weighted by atomic mass is 10.1. The van der Waals surface area contributed by atoms with Crippen LogP contribution in [-0.2, 0) is 4.74 Å². The molecule has 0 unspecified atom stereocenters. The molecule has 0 radical (unpaired) electrons. The van der Waals surface area contributed by atoms with Gasteiger partial charge >= 0.3 is 0 Å². The van der Waals surface area contributed by atoms with E-state index in [-0.39, 0.29) is 11.6 Å². The standard InChI is InChI=1S/C17H15F2N3O/c18-12-7-13(19)16-14(8-12)21-17(22-16)11-3-1-10(2-4-11)15-9-20-5-6-23-15/h1-4,7-8,15,20H,5-6,9H2,(H,21,22)/t15-/m1/s1. The van der Waals surface area contributed by atoms with Crippen molar-refractivity contribution in [2.24, 2.45) is 0 Å². The van der Waals surface area contributed by atoms with Crippen molar-refractivity contribution >= 4 is 11.0 Å². The number of nitrogens with zero attached hydrogens (tertiary/aromatic N) is 1. The number of halogens is 2. The van der Waals surface area contributed by atoms with Crippen molar-refractivity contribution in [2.75, 3.05) is 19.7 Å². The number of aromatic amines is 1. The van der Waals surface area contributed by atoms with Crippen LogP contribution in [0.3, 0.4) is 0 Å². The quantitative estimate of drug-likeness (QED) is 0.764. The zero-order valence-electron chi connectivity index (χ0n) is 12.3. The van der Waals surface area contributed by atoms with Crippen LogP contribution < -0.4 is 5.32 Å². The molecule has 1 saturated heterocycles. The maximum absolute atomic E-state index is 13.7. The van der Waals surface area contributed by atoms with Crippen LogP contribution in [0, 0.1) is 11.6 Å². The van der Waals surface area contributed by atoms with Crippen LogP contribution in [0.4, 0.5) is 8.78 Å². The number of H-pyrrole nitrogens is 1. The molecule has 2 heterocycles. The second-order valence-corrected chi connectivity index (χ2v) is 5.55. The highest BCUT2D eigenvalue weighted by molar-refractivity contribution is 5.80. The van der Waals surface area contributed by atoms with E-state index in [1.165, 1.54) is 6.07 Å². The van der Waals surface area contributed by atoms with Crippen LogP contribution in [-0.4, -0.2) is 29.7 Å². The van der Waals surface area contributed by atoms with Crippen LogP contribution in [0.25, 0.3) is 22.4 Å². The first kappa shape index (κ1) is 14.3. The summed E-state index contributed by atoms with van der Waals surface area (Å²) in [6.45, 7) is 2.35. The molecule has 1 aromatic heterocycles. The van der Waals surface area contributed by atoms with E-state index in [2.05, 4.69) is 15.3 Å². The third-order valence-corrected chi connectivity index (χ3v) is 3.99. The van der Waals surface area contributed by atoms with E-state index in [0.29, 0.717) is 17.9 Å². The normalized spacial score (nSPS) is 18.4. The Morgan fingerprint density at radius 3 is 2.70 bits per heavy atom. The summed E-state index contributed by atoms with van der Waals surface area (Å²) >= 11 is 0. The molecule has 1 aliphatic rings. The maximum Gasteiger partial charge on any atom is 0.153 e. The molecule has 3 aromatic rings. The minimum atomic E-state index is -0.666. The summed E-state index contributed by atoms with van der Waals surface area (Å²) < 4.78 is 32.7. The molecule has 1 fully saturated rings. The second kappa shape index (κ2) is 5.72. The molecule has 4 nitrogen and oxygen atoms in total. The lowest BCUT2D eigenvalue weighted by Crippen LogP contribution is -2.33. The van der Waals surface area contributed by atoms with Crippen molar-refractivity contribution in [1.29, 1.82) is 0 Å². The number of aromatic nitrogens is 2. The molecule has 2 N–H and O–H groups in total. The first-order valence-corrected chi connectivity index (χ1v) is 7.48. The Hall–Kier alpha value is -2.31. The number of hydrogen-bond acceptors (Lipinski definition) is 3. The van der Waals surface area contributed by atoms with Gasteiger partial charge in [0.05, 0.1) is 18.2 Å². The molecule has 1 atom stereocenters. The van der Waals surface area contributed by atoms with E-state index in [9.17, 15) is 8.78 Å². The van der Waals surface area contributed by atoms with Crippen molar-refractivity contribution in [3.63, 3.8) is 0 Å². The number of imidazole rings is 1. The third kappa shape index (κ3) is 2.71. The molecular formula is C17H15F2N3O. The van der Waals surface area contributed by atoms with Gasteiger partial charge in [-0.3, -0.25) is 0 Å². The third-order valence-electron chi connectivity index (χ3n) is 3.99. The predicted molar refractivity (Wildman–Crippen MR) is 83.0 cm³/mol. The van der Waals surface area contributed by atoms with E-state index in [0.717, 1.165) is 30.3 Å². The molecule has 0 spiro atoms. The summed E-state index contributed by atoms with van der Waals surface area (Å²) in [6.07, 6.45) is 0.0417. The van der Waals surface area contributed by atoms with Gasteiger partial charge in [0.15, 0.2) is 5.82 Å². The molecule has 0 bridgehead atoms. The van der Waals surface area contributed by atoms with Crippen molar-refractivity contribution in [3.05, 3.63) is 53.6 Å². The maximum atomic E-state index is 13.7. The minimum absolute atomic E-state index is 0.0417. The largest absolute Gasteiger partial charge is 0.371 e. The fraction of sp³-hybridized carbons (Fsp3) is 0.235. The Labute approximate surface area is 131 Å². The average Bonchev–Trinajstić information content (AvgIpc) is 3.00. The highest BCUT2D eigenvalue weighted by Gasteiger charge is 2.16. The van der Waals surface area contributed by atoms with E-state index >= 15 is 0 Å². The van der Waals surface area contributed by atoms with Crippen molar-refractivity contribution in [3.8, 4) is 11.4 Å². The summed E-state index contributed by atoms with van der Waals surface area (Å²) in [5.41, 5.74) is 2.38. The van der Waals surface area contributed by atoms with Crippen molar-refractivity contribution in [1.82, 2.24) is 15.3 Å². The summed E-state index contributed by atoms with van der Waals surface area (Å²) in [4.78, 5) is 7.18. The fourth-order valence-electron chi connectivity index (χ4n) is 2.81. The van der Waals surface area contributed by atoms with Crippen LogP contribution in [0.2, 0.25) is 0 Å². The van der Waals surface area contributed by atoms with Gasteiger partial charge in [0, 0.05) is 24.7 Å². The van der Waals surface area contributed by atoms with Gasteiger partial charge < -0.3 is 15.0 Å². The Balaban J connectivity index is 1.66. The molecule has 118 valence electrons. The lowest BCUT2D eigenvalue weighted by Gasteiger charge is -2.24. The summed E-state index contributed by atoms with van der Waals surface area (Å²) in [6, 6.07) is 9.82. The number of ether oxygens (including phenoxy) is 1. The zero-order valence-corrected chi connectivity index (χ0v) is 12.3. The van der Waals surface area contributed by atoms with Crippen LogP contribution in [0.15, 0.2) is 36.4 Å². The minimum Gasteiger partial charge on any atom is -0.371 e. The monoisotopic (exact) mass is 315 g/mol. The highest BCUT2D eigenvalue weighted by atomic mass is 19.1. The summed E-state index contributed by atoms with van der Waals surface area (Å²) in [5.74, 6) is -0.776. The molecule has 0 saturated carbocycles. The Kier molecular flexibility index (Phi) is 3.55. The zero-order chi connectivity index (χ0) is 15.8. The molecule has 6 heteroatoms. The van der Waals surface area contributed by atoms with Gasteiger partial charge in [-0.05, 0) is 11.6 Å². The van der Waals surface area contributed by atoms with Gasteiger partial charge in [-0.1, -0.05) is 24.3 Å². The number of fused-ring (bicyclic) bond motifs is 1. The lowest BCUT2D eigenvalue weighted by molar-refractivity contribution is 0.0277. The molecule has 2 aromatic carbocycles. The van der Waals surface area contributed by atoms with Gasteiger partial charge in [0.1, 0.15) is 17.2 Å². The molecule has 4 rings (SSSR count). The van der Waals surface area contributed by atoms with Crippen LogP contribution in [0.5, 0.6) is 0 Å². The van der Waals surface area contributed by atoms with E-state index in [1.54, 1.807) is 0 Å². The molecule has 1 aliphatic heterocycles. The number of rotatable bonds is 2. The Morgan fingerprint density at radius 1 is 1.13 bits per heavy atom. The second-order valence-electron chi connectivity index (χ2n) is 5.55. The molecule has 0 aliphatic carbocycles. The Morgan fingerprint density at radius 2 is 1.96 bits per heavy atom. The molecule has 0 amide bonds. The average molecular weight is 315 g/mol. The first-order chi connectivity index (χ1) is 11.2. The number of morpholine rings is 1. The SMILES string of the molecule is Fc1cc(F)c2nc(-c3ccc([C@H]4CNCCO4)cc3)[nH]c2c1. The number of benzene rings is 2. The van der Waals surface area contributed by atoms with Gasteiger partial charge in [-0.15, -0.1) is 0 Å². The first-order valence-electron chi connectivity index (χ1n) is 7.48. The van der Waals surface area contributed by atoms with E-state index < -0.39 is 11.6 Å². The number of nitrogens with one attached hydrogen (secondary N) is 2. The molecular weight excluding hydrogens is 300 g/mol. The summed E-state index contributed by atoms with van der Waals surface area (Å²) in [7, 11) is 0. The van der Waals surface area contributed by atoms with Gasteiger partial charge in [-0.25, -0.2) is 13.8 Å². The van der Waals surface area contributed by atoms with Crippen LogP contribution in [0.1, 0.15) is 11.7 Å². The fourth-order valence-corrected chi connectivity index (χ4v) is 2.81. The summed E-state index contributed by atoms with van der Waals surface area (Å²) in [5, 5.41) is 3.29. The van der Waals surface area contributed by atoms with Crippen molar-refractivity contribution in [2.45, 2.75) is 6.10 Å². The van der Waals surface area contributed by atoms with Gasteiger partial charge in [0.2, 0.25) is 0 Å². The number of hydrogen-bond donors (Lipinski definition) is 2. The van der Waals surface area contributed by atoms with Crippen molar-refractivity contribution < 1.29 is 13.5 Å². The van der Waals surface area contributed by atoms with Crippen LogP contribution >= 0.6 is 0 Å². The molecule has 23 heavy (non-hydrogen) atoms. The van der Waals surface area contributed by atoms with E-state index in [1.807, 2.05) is 24.3 Å². The topological polar surface area (TPSA) is 49.9 Å². The smallest absolute Gasteiger partial charge is 0.153 e. The predicted octanol–water partition coefficient (Wildman–Crippen LogP) is 3.17. The van der Waals surface area contributed by atoms with E-state index in [4.69, 9.17) is 4.74 Å². The highest BCUT2D eigenvalue weighted by Crippen LogP contribution is 2.25. The van der Waals surface area contributed by atoms with Gasteiger partial charge in [-0.2, -0.15) is 0 Å². The van der Waals surface area contributed by atoms with Gasteiger partial charge in [0.25, 0.3) is 0 Å². The Bertz CT molecular complexity index is 839.